The van der Waals surface area contributed by atoms with Gasteiger partial charge in [0.25, 0.3) is 11.8 Å². The highest BCUT2D eigenvalue weighted by Crippen LogP contribution is 2.28. The van der Waals surface area contributed by atoms with Gasteiger partial charge in [0.1, 0.15) is 0 Å². The van der Waals surface area contributed by atoms with Crippen molar-refractivity contribution in [1.82, 2.24) is 5.32 Å². The largest absolute Gasteiger partial charge is 0.352 e. The SMILES string of the molecule is Cc1ccc(C(=O)Nc2ccc(C)c(-c3ccc(C(=O)NCC4CC4)cc3)c2)cc1. The normalized spacial score (nSPS) is 13.0. The minimum atomic E-state index is -0.132. The highest BCUT2D eigenvalue weighted by atomic mass is 16.2. The first kappa shape index (κ1) is 19.9. The molecule has 1 fully saturated rings. The van der Waals surface area contributed by atoms with Crippen molar-refractivity contribution in [3.63, 3.8) is 0 Å². The van der Waals surface area contributed by atoms with Crippen LogP contribution in [0.4, 0.5) is 5.69 Å². The van der Waals surface area contributed by atoms with E-state index in [0.29, 0.717) is 17.0 Å². The quantitative estimate of drug-likeness (QED) is 0.587. The molecule has 4 nitrogen and oxygen atoms in total. The smallest absolute Gasteiger partial charge is 0.255 e. The molecule has 1 aliphatic rings. The highest BCUT2D eigenvalue weighted by Gasteiger charge is 2.21. The molecule has 3 aromatic rings. The maximum absolute atomic E-state index is 12.5. The van der Waals surface area contributed by atoms with Gasteiger partial charge in [0.2, 0.25) is 0 Å². The van der Waals surface area contributed by atoms with Gasteiger partial charge in [-0.2, -0.15) is 0 Å². The van der Waals surface area contributed by atoms with Crippen LogP contribution in [-0.2, 0) is 0 Å². The van der Waals surface area contributed by atoms with Crippen molar-refractivity contribution in [1.29, 1.82) is 0 Å². The predicted molar refractivity (Wildman–Crippen MR) is 121 cm³/mol. The van der Waals surface area contributed by atoms with Gasteiger partial charge in [-0.1, -0.05) is 35.9 Å². The lowest BCUT2D eigenvalue weighted by atomic mass is 9.98. The molecule has 2 amide bonds. The van der Waals surface area contributed by atoms with Crippen molar-refractivity contribution in [2.24, 2.45) is 5.92 Å². The highest BCUT2D eigenvalue weighted by molar-refractivity contribution is 6.04. The van der Waals surface area contributed by atoms with Crippen molar-refractivity contribution in [3.8, 4) is 11.1 Å². The Labute approximate surface area is 177 Å². The number of hydrogen-bond acceptors (Lipinski definition) is 2. The van der Waals surface area contributed by atoms with Gasteiger partial charge in [0, 0.05) is 23.4 Å². The van der Waals surface area contributed by atoms with Crippen molar-refractivity contribution < 1.29 is 9.59 Å². The minimum absolute atomic E-state index is 0.0238. The van der Waals surface area contributed by atoms with Crippen LogP contribution in [0.5, 0.6) is 0 Å². The molecule has 1 aliphatic carbocycles. The summed E-state index contributed by atoms with van der Waals surface area (Å²) in [6.45, 7) is 4.80. The van der Waals surface area contributed by atoms with Gasteiger partial charge in [0.15, 0.2) is 0 Å². The summed E-state index contributed by atoms with van der Waals surface area (Å²) >= 11 is 0. The Morgan fingerprint density at radius 1 is 0.833 bits per heavy atom. The molecule has 3 aromatic carbocycles. The molecule has 30 heavy (non-hydrogen) atoms. The predicted octanol–water partition coefficient (Wildman–Crippen LogP) is 5.36. The first-order chi connectivity index (χ1) is 14.5. The lowest BCUT2D eigenvalue weighted by Crippen LogP contribution is -2.25. The number of carbonyl (C=O) groups excluding carboxylic acids is 2. The molecule has 0 radical (unpaired) electrons. The Morgan fingerprint density at radius 2 is 1.47 bits per heavy atom. The van der Waals surface area contributed by atoms with Crippen LogP contribution in [-0.4, -0.2) is 18.4 Å². The molecule has 0 atom stereocenters. The summed E-state index contributed by atoms with van der Waals surface area (Å²) < 4.78 is 0. The Bertz CT molecular complexity index is 1070. The molecule has 4 heteroatoms. The van der Waals surface area contributed by atoms with E-state index in [0.717, 1.165) is 34.5 Å². The van der Waals surface area contributed by atoms with Crippen molar-refractivity contribution in [3.05, 3.63) is 89.0 Å². The average Bonchev–Trinajstić information content (AvgIpc) is 3.58. The Balaban J connectivity index is 1.49. The molecule has 2 N–H and O–H groups in total. The summed E-state index contributed by atoms with van der Waals surface area (Å²) in [6.07, 6.45) is 2.44. The van der Waals surface area contributed by atoms with Crippen LogP contribution in [0, 0.1) is 19.8 Å². The van der Waals surface area contributed by atoms with Gasteiger partial charge in [0.05, 0.1) is 0 Å². The van der Waals surface area contributed by atoms with E-state index in [-0.39, 0.29) is 11.8 Å². The zero-order valence-electron chi connectivity index (χ0n) is 17.4. The van der Waals surface area contributed by atoms with E-state index < -0.39 is 0 Å². The Kier molecular flexibility index (Phi) is 5.66. The van der Waals surface area contributed by atoms with Crippen molar-refractivity contribution in [2.75, 3.05) is 11.9 Å². The summed E-state index contributed by atoms with van der Waals surface area (Å²) in [7, 11) is 0. The van der Waals surface area contributed by atoms with Crippen LogP contribution >= 0.6 is 0 Å². The van der Waals surface area contributed by atoms with Crippen LogP contribution in [0.25, 0.3) is 11.1 Å². The van der Waals surface area contributed by atoms with E-state index in [4.69, 9.17) is 0 Å². The molecule has 0 unspecified atom stereocenters. The van der Waals surface area contributed by atoms with Gasteiger partial charge in [-0.25, -0.2) is 0 Å². The number of rotatable bonds is 6. The van der Waals surface area contributed by atoms with Crippen LogP contribution in [0.15, 0.2) is 66.7 Å². The van der Waals surface area contributed by atoms with Crippen LogP contribution in [0.2, 0.25) is 0 Å². The van der Waals surface area contributed by atoms with Crippen LogP contribution < -0.4 is 10.6 Å². The van der Waals surface area contributed by atoms with Gasteiger partial charge >= 0.3 is 0 Å². The third-order valence-corrected chi connectivity index (χ3v) is 5.52. The number of aryl methyl sites for hydroxylation is 2. The monoisotopic (exact) mass is 398 g/mol. The third kappa shape index (κ3) is 4.77. The lowest BCUT2D eigenvalue weighted by Gasteiger charge is -2.12. The summed E-state index contributed by atoms with van der Waals surface area (Å²) in [5.74, 6) is 0.505. The number of nitrogens with one attached hydrogen (secondary N) is 2. The fourth-order valence-corrected chi connectivity index (χ4v) is 3.38. The topological polar surface area (TPSA) is 58.2 Å². The van der Waals surface area contributed by atoms with E-state index in [1.54, 1.807) is 0 Å². The van der Waals surface area contributed by atoms with Gasteiger partial charge in [-0.15, -0.1) is 0 Å². The molecule has 0 spiro atoms. The second-order valence-corrected chi connectivity index (χ2v) is 8.08. The maximum Gasteiger partial charge on any atom is 0.255 e. The number of carbonyl (C=O) groups is 2. The summed E-state index contributed by atoms with van der Waals surface area (Å²) in [6, 6.07) is 21.0. The van der Waals surface area contributed by atoms with Gasteiger partial charge < -0.3 is 10.6 Å². The molecule has 0 aromatic heterocycles. The Morgan fingerprint density at radius 3 is 2.13 bits per heavy atom. The standard InChI is InChI=1S/C26H26N2O2/c1-17-3-8-22(9-4-17)26(30)28-23-14-5-18(2)24(15-23)20-10-12-21(13-11-20)25(29)27-16-19-6-7-19/h3-5,8-15,19H,6-7,16H2,1-2H3,(H,27,29)(H,28,30). The second kappa shape index (κ2) is 8.54. The molecule has 0 aliphatic heterocycles. The second-order valence-electron chi connectivity index (χ2n) is 8.08. The molecular formula is C26H26N2O2. The molecule has 0 heterocycles. The van der Waals surface area contributed by atoms with Crippen molar-refractivity contribution in [2.45, 2.75) is 26.7 Å². The fraction of sp³-hybridized carbons (Fsp3) is 0.231. The van der Waals surface area contributed by atoms with E-state index in [2.05, 4.69) is 10.6 Å². The molecule has 0 bridgehead atoms. The number of anilines is 1. The van der Waals surface area contributed by atoms with E-state index in [9.17, 15) is 9.59 Å². The molecule has 1 saturated carbocycles. The molecule has 152 valence electrons. The zero-order valence-corrected chi connectivity index (χ0v) is 17.4. The van der Waals surface area contributed by atoms with Gasteiger partial charge in [-0.3, -0.25) is 9.59 Å². The van der Waals surface area contributed by atoms with Crippen LogP contribution in [0.1, 0.15) is 44.7 Å². The number of benzene rings is 3. The van der Waals surface area contributed by atoms with Crippen LogP contribution in [0.3, 0.4) is 0 Å². The Hall–Kier alpha value is -3.40. The summed E-state index contributed by atoms with van der Waals surface area (Å²) in [5, 5.41) is 5.97. The molecule has 0 saturated heterocycles. The first-order valence-electron chi connectivity index (χ1n) is 10.4. The van der Waals surface area contributed by atoms with E-state index in [1.165, 1.54) is 12.8 Å². The lowest BCUT2D eigenvalue weighted by molar-refractivity contribution is 0.0951. The maximum atomic E-state index is 12.5. The number of hydrogen-bond donors (Lipinski definition) is 2. The average molecular weight is 399 g/mol. The fourth-order valence-electron chi connectivity index (χ4n) is 3.38. The van der Waals surface area contributed by atoms with Gasteiger partial charge in [-0.05, 0) is 85.7 Å². The van der Waals surface area contributed by atoms with Crippen molar-refractivity contribution >= 4 is 17.5 Å². The summed E-state index contributed by atoms with van der Waals surface area (Å²) in [5.41, 5.74) is 6.31. The van der Waals surface area contributed by atoms with E-state index >= 15 is 0 Å². The molecular weight excluding hydrogens is 372 g/mol. The molecule has 4 rings (SSSR count). The first-order valence-corrected chi connectivity index (χ1v) is 10.4. The zero-order chi connectivity index (χ0) is 21.1. The summed E-state index contributed by atoms with van der Waals surface area (Å²) in [4.78, 5) is 24.8. The van der Waals surface area contributed by atoms with E-state index in [1.807, 2.05) is 80.6 Å². The minimum Gasteiger partial charge on any atom is -0.352 e. The third-order valence-electron chi connectivity index (χ3n) is 5.52. The number of amides is 2.